The predicted octanol–water partition coefficient (Wildman–Crippen LogP) is 2.75. The first kappa shape index (κ1) is 24.8. The molecule has 0 aromatic carbocycles. The van der Waals surface area contributed by atoms with Gasteiger partial charge in [-0.3, -0.25) is 9.35 Å². The van der Waals surface area contributed by atoms with E-state index in [4.69, 9.17) is 4.55 Å². The molecule has 6 rings (SSSR count). The van der Waals surface area contributed by atoms with Gasteiger partial charge in [-0.25, -0.2) is 0 Å². The van der Waals surface area contributed by atoms with Crippen molar-refractivity contribution in [3.8, 4) is 0 Å². The van der Waals surface area contributed by atoms with Gasteiger partial charge in [-0.2, -0.15) is 17.2 Å². The van der Waals surface area contributed by atoms with E-state index in [2.05, 4.69) is 4.74 Å². The van der Waals surface area contributed by atoms with Crippen LogP contribution in [0.25, 0.3) is 0 Å². The summed E-state index contributed by atoms with van der Waals surface area (Å²) in [4.78, 5) is 13.4. The maximum absolute atomic E-state index is 14.0. The molecule has 6 saturated carbocycles. The number of rotatable bonds is 6. The largest absolute Gasteiger partial charge is 0.430 e. The van der Waals surface area contributed by atoms with Gasteiger partial charge in [-0.05, 0) is 69.6 Å². The molecular weight excluding hydrogens is 474 g/mol. The van der Waals surface area contributed by atoms with Crippen molar-refractivity contribution >= 4 is 16.1 Å². The summed E-state index contributed by atoms with van der Waals surface area (Å²) in [6.45, 7) is 0. The van der Waals surface area contributed by atoms with Gasteiger partial charge in [-0.1, -0.05) is 25.7 Å². The lowest BCUT2D eigenvalue weighted by Crippen LogP contribution is -2.70. The summed E-state index contributed by atoms with van der Waals surface area (Å²) in [5, 5.41) is 28.3. The van der Waals surface area contributed by atoms with Crippen LogP contribution in [0.2, 0.25) is 0 Å². The molecule has 6 aliphatic rings. The molecule has 6 fully saturated rings. The number of ether oxygens (including phenoxy) is 1. The van der Waals surface area contributed by atoms with E-state index in [0.29, 0.717) is 51.4 Å². The molecule has 0 heterocycles. The van der Waals surface area contributed by atoms with Gasteiger partial charge in [0.2, 0.25) is 0 Å². The van der Waals surface area contributed by atoms with E-state index in [1.54, 1.807) is 0 Å². The average Bonchev–Trinajstić information content (AvgIpc) is 3.37. The highest BCUT2D eigenvalue weighted by Gasteiger charge is 2.74. The minimum atomic E-state index is -6.01. The predicted molar refractivity (Wildman–Crippen MR) is 114 cm³/mol. The molecule has 194 valence electrons. The summed E-state index contributed by atoms with van der Waals surface area (Å²) in [6, 6.07) is 0. The molecule has 0 saturated heterocycles. The lowest BCUT2D eigenvalue weighted by Gasteiger charge is -2.71. The third-order valence-electron chi connectivity index (χ3n) is 10.2. The van der Waals surface area contributed by atoms with Gasteiger partial charge < -0.3 is 20.1 Å². The van der Waals surface area contributed by atoms with E-state index < -0.39 is 55.6 Å². The van der Waals surface area contributed by atoms with Gasteiger partial charge >= 0.3 is 21.3 Å². The van der Waals surface area contributed by atoms with Crippen molar-refractivity contribution in [3.05, 3.63) is 0 Å². The Balaban J connectivity index is 1.53. The first-order chi connectivity index (χ1) is 15.7. The van der Waals surface area contributed by atoms with Crippen LogP contribution in [0.1, 0.15) is 83.5 Å². The number of hydrogen-bond donors (Lipinski definition) is 4. The highest BCUT2D eigenvalue weighted by atomic mass is 32.2. The van der Waals surface area contributed by atoms with Crippen LogP contribution in [-0.2, 0) is 19.6 Å². The molecule has 34 heavy (non-hydrogen) atoms. The minimum absolute atomic E-state index is 0.176. The number of hydrogen-bond acceptors (Lipinski definition) is 7. The molecule has 6 aliphatic carbocycles. The number of carbonyl (C=O) groups excluding carboxylic acids is 1. The van der Waals surface area contributed by atoms with Gasteiger partial charge in [0.05, 0.1) is 17.1 Å². The minimum Gasteiger partial charge on any atom is -0.428 e. The number of esters is 1. The fraction of sp³-hybridized carbons (Fsp3) is 0.957. The summed E-state index contributed by atoms with van der Waals surface area (Å²) < 4.78 is 63.4. The van der Waals surface area contributed by atoms with Gasteiger partial charge in [-0.15, -0.1) is 0 Å². The second-order valence-corrected chi connectivity index (χ2v) is 13.4. The van der Waals surface area contributed by atoms with Crippen molar-refractivity contribution in [1.82, 2.24) is 0 Å². The van der Waals surface area contributed by atoms with Gasteiger partial charge in [0, 0.05) is 10.8 Å². The Morgan fingerprint density at radius 3 is 2.09 bits per heavy atom. The maximum Gasteiger partial charge on any atom is 0.430 e. The highest BCUT2D eigenvalue weighted by molar-refractivity contribution is 7.86. The van der Waals surface area contributed by atoms with Crippen LogP contribution < -0.4 is 0 Å². The Kier molecular flexibility index (Phi) is 5.52. The average molecular weight is 509 g/mol. The van der Waals surface area contributed by atoms with Crippen molar-refractivity contribution in [1.29, 1.82) is 0 Å². The van der Waals surface area contributed by atoms with Crippen LogP contribution in [0.5, 0.6) is 0 Å². The van der Waals surface area contributed by atoms with Crippen molar-refractivity contribution in [2.24, 2.45) is 28.6 Å². The third-order valence-corrected chi connectivity index (χ3v) is 11.1. The van der Waals surface area contributed by atoms with Crippen molar-refractivity contribution in [3.63, 3.8) is 0 Å². The topological polar surface area (TPSA) is 141 Å². The molecule has 0 amide bonds. The van der Waals surface area contributed by atoms with Gasteiger partial charge in [0.15, 0.2) is 0 Å². The molecule has 0 aliphatic heterocycles. The SMILES string of the molecule is O=C(OC(O)C(F)(F)S(=O)(=O)O)C1C2CC3CC(C4(O)CCCC4)(C2)CC1(C1(O)CCCC1)C3. The molecule has 0 radical (unpaired) electrons. The normalized spacial score (nSPS) is 41.5. The smallest absolute Gasteiger partial charge is 0.428 e. The maximum atomic E-state index is 14.0. The van der Waals surface area contributed by atoms with E-state index in [0.717, 1.165) is 32.1 Å². The first-order valence-corrected chi connectivity index (χ1v) is 13.8. The van der Waals surface area contributed by atoms with Crippen LogP contribution >= 0.6 is 0 Å². The Labute approximate surface area is 197 Å². The lowest BCUT2D eigenvalue weighted by molar-refractivity contribution is -0.283. The fourth-order valence-electron chi connectivity index (χ4n) is 9.10. The molecule has 11 heteroatoms. The molecule has 6 atom stereocenters. The zero-order valence-corrected chi connectivity index (χ0v) is 19.9. The highest BCUT2D eigenvalue weighted by Crippen LogP contribution is 2.75. The van der Waals surface area contributed by atoms with Crippen LogP contribution in [0, 0.1) is 28.6 Å². The molecular formula is C23H34F2O8S. The fourth-order valence-corrected chi connectivity index (χ4v) is 9.40. The monoisotopic (exact) mass is 508 g/mol. The standard InChI is InChI=1S/C23H34F2O8S/c24-23(25,34(30,31)32)18(27)33-17(26)16-15-9-14-10-19(12-15,21(28)5-1-2-6-21)13-20(16,11-14)22(29)7-3-4-8-22/h14-16,18,27-29H,1-13H2,(H,30,31,32). The molecule has 0 aromatic rings. The molecule has 4 bridgehead atoms. The van der Waals surface area contributed by atoms with Crippen LogP contribution in [0.15, 0.2) is 0 Å². The number of aliphatic hydroxyl groups is 3. The van der Waals surface area contributed by atoms with Crippen LogP contribution in [-0.4, -0.2) is 57.0 Å². The molecule has 4 N–H and O–H groups in total. The quantitative estimate of drug-likeness (QED) is 0.244. The van der Waals surface area contributed by atoms with E-state index >= 15 is 0 Å². The molecule has 0 spiro atoms. The number of carbonyl (C=O) groups is 1. The summed E-state index contributed by atoms with van der Waals surface area (Å²) in [6.07, 6.45) is 5.02. The van der Waals surface area contributed by atoms with E-state index in [9.17, 15) is 37.3 Å². The van der Waals surface area contributed by atoms with Gasteiger partial charge in [0.1, 0.15) is 0 Å². The number of alkyl halides is 2. The van der Waals surface area contributed by atoms with E-state index in [-0.39, 0.29) is 11.8 Å². The van der Waals surface area contributed by atoms with Crippen molar-refractivity contribution in [2.75, 3.05) is 0 Å². The first-order valence-electron chi connectivity index (χ1n) is 12.4. The second kappa shape index (κ2) is 7.57. The Hall–Kier alpha value is -0.880. The van der Waals surface area contributed by atoms with Gasteiger partial charge in [0.25, 0.3) is 6.29 Å². The second-order valence-electron chi connectivity index (χ2n) is 11.9. The number of aliphatic hydroxyl groups excluding tert-OH is 1. The molecule has 0 aromatic heterocycles. The zero-order chi connectivity index (χ0) is 24.8. The summed E-state index contributed by atoms with van der Waals surface area (Å²) in [7, 11) is -6.01. The van der Waals surface area contributed by atoms with E-state index in [1.165, 1.54) is 0 Å². The summed E-state index contributed by atoms with van der Waals surface area (Å²) >= 11 is 0. The third kappa shape index (κ3) is 3.26. The lowest BCUT2D eigenvalue weighted by atomic mass is 9.34. The summed E-state index contributed by atoms with van der Waals surface area (Å²) in [5.41, 5.74) is -3.60. The molecule has 8 nitrogen and oxygen atoms in total. The Morgan fingerprint density at radius 2 is 1.53 bits per heavy atom. The zero-order valence-electron chi connectivity index (χ0n) is 19.1. The Morgan fingerprint density at radius 1 is 0.971 bits per heavy atom. The van der Waals surface area contributed by atoms with Crippen LogP contribution in [0.4, 0.5) is 8.78 Å². The summed E-state index contributed by atoms with van der Waals surface area (Å²) in [5.74, 6) is -2.34. The van der Waals surface area contributed by atoms with Crippen molar-refractivity contribution in [2.45, 2.75) is 106 Å². The Bertz CT molecular complexity index is 958. The molecule has 6 unspecified atom stereocenters. The van der Waals surface area contributed by atoms with Crippen LogP contribution in [0.3, 0.4) is 0 Å². The van der Waals surface area contributed by atoms with E-state index in [1.807, 2.05) is 0 Å². The number of halogens is 2. The van der Waals surface area contributed by atoms with Crippen molar-refractivity contribution < 1.29 is 46.6 Å².